The van der Waals surface area contributed by atoms with E-state index >= 15 is 0 Å². The summed E-state index contributed by atoms with van der Waals surface area (Å²) in [6, 6.07) is 0. The quantitative estimate of drug-likeness (QED) is 0.466. The van der Waals surface area contributed by atoms with Crippen LogP contribution >= 0.6 is 11.6 Å². The zero-order valence-electron chi connectivity index (χ0n) is 15.4. The van der Waals surface area contributed by atoms with E-state index in [1.807, 2.05) is 13.0 Å². The van der Waals surface area contributed by atoms with Gasteiger partial charge >= 0.3 is 0 Å². The highest BCUT2D eigenvalue weighted by molar-refractivity contribution is 6.67. The molecule has 3 fully saturated rings. The summed E-state index contributed by atoms with van der Waals surface area (Å²) >= 11 is 5.82. The third kappa shape index (κ3) is 2.36. The number of ketones is 1. The van der Waals surface area contributed by atoms with Crippen molar-refractivity contribution in [2.75, 3.05) is 0 Å². The molecule has 0 aromatic rings. The Kier molecular flexibility index (Phi) is 3.92. The zero-order chi connectivity index (χ0) is 18.0. The molecule has 0 heterocycles. The molecular weight excluding hydrogens is 332 g/mol. The Hall–Kier alpha value is -1.15. The van der Waals surface area contributed by atoms with Gasteiger partial charge in [0.2, 0.25) is 5.24 Å². The van der Waals surface area contributed by atoms with Crippen LogP contribution in [0.1, 0.15) is 59.3 Å². The largest absolute Gasteiger partial charge is 0.290 e. The second kappa shape index (κ2) is 5.67. The topological polar surface area (TPSA) is 34.1 Å². The summed E-state index contributed by atoms with van der Waals surface area (Å²) < 4.78 is 0. The van der Waals surface area contributed by atoms with Crippen LogP contribution in [0.2, 0.25) is 0 Å². The van der Waals surface area contributed by atoms with Crippen molar-refractivity contribution >= 4 is 22.6 Å². The number of carbonyl (C=O) groups is 2. The van der Waals surface area contributed by atoms with E-state index in [-0.39, 0.29) is 21.9 Å². The van der Waals surface area contributed by atoms with Crippen LogP contribution in [0.15, 0.2) is 34.9 Å². The molecule has 0 N–H and O–H groups in total. The van der Waals surface area contributed by atoms with Crippen LogP contribution in [0.3, 0.4) is 0 Å². The fourth-order valence-corrected chi connectivity index (χ4v) is 6.86. The maximum atomic E-state index is 11.8. The lowest BCUT2D eigenvalue weighted by atomic mass is 9.48. The summed E-state index contributed by atoms with van der Waals surface area (Å²) in [4.78, 5) is 23.6. The van der Waals surface area contributed by atoms with Crippen molar-refractivity contribution in [2.24, 2.45) is 28.6 Å². The van der Waals surface area contributed by atoms with Crippen LogP contribution in [-0.2, 0) is 9.59 Å². The first kappa shape index (κ1) is 17.3. The molecule has 3 unspecified atom stereocenters. The second-order valence-electron chi connectivity index (χ2n) is 8.98. The molecule has 0 spiro atoms. The molecule has 25 heavy (non-hydrogen) atoms. The van der Waals surface area contributed by atoms with Crippen LogP contribution in [0.25, 0.3) is 0 Å². The van der Waals surface area contributed by atoms with Gasteiger partial charge in [-0.2, -0.15) is 0 Å². The van der Waals surface area contributed by atoms with Crippen molar-refractivity contribution in [3.05, 3.63) is 34.9 Å². The molecule has 134 valence electrons. The van der Waals surface area contributed by atoms with Gasteiger partial charge in [-0.3, -0.25) is 9.59 Å². The van der Waals surface area contributed by atoms with E-state index in [0.717, 1.165) is 31.3 Å². The van der Waals surface area contributed by atoms with E-state index < -0.39 is 0 Å². The molecule has 0 saturated heterocycles. The highest BCUT2D eigenvalue weighted by Crippen LogP contribution is 2.66. The maximum Gasteiger partial charge on any atom is 0.248 e. The van der Waals surface area contributed by atoms with Crippen molar-refractivity contribution in [2.45, 2.75) is 59.3 Å². The lowest BCUT2D eigenvalue weighted by Crippen LogP contribution is -2.48. The van der Waals surface area contributed by atoms with Crippen LogP contribution in [0.4, 0.5) is 0 Å². The van der Waals surface area contributed by atoms with Gasteiger partial charge in [0.15, 0.2) is 5.78 Å². The van der Waals surface area contributed by atoms with Gasteiger partial charge < -0.3 is 0 Å². The minimum Gasteiger partial charge on any atom is -0.290 e. The molecule has 0 radical (unpaired) electrons. The smallest absolute Gasteiger partial charge is 0.248 e. The van der Waals surface area contributed by atoms with Crippen LogP contribution in [0, 0.1) is 28.6 Å². The SMILES string of the molecule is CC(C(=O)Cl)=C1CCC2C3CCC4=CC(=O)C=C[C@]4(C)C3CC[C@]12C. The Morgan fingerprint density at radius 3 is 2.64 bits per heavy atom. The minimum absolute atomic E-state index is 0.0436. The molecule has 3 heteroatoms. The Balaban J connectivity index is 1.71. The normalized spacial score (nSPS) is 44.6. The van der Waals surface area contributed by atoms with Crippen molar-refractivity contribution in [3.63, 3.8) is 0 Å². The lowest BCUT2D eigenvalue weighted by molar-refractivity contribution is -0.111. The highest BCUT2D eigenvalue weighted by Gasteiger charge is 2.57. The number of allylic oxidation sites excluding steroid dienone is 6. The first-order valence-corrected chi connectivity index (χ1v) is 9.99. The van der Waals surface area contributed by atoms with Crippen molar-refractivity contribution in [1.29, 1.82) is 0 Å². The molecule has 0 amide bonds. The summed E-state index contributed by atoms with van der Waals surface area (Å²) in [5, 5.41) is -0.284. The predicted molar refractivity (Wildman–Crippen MR) is 100 cm³/mol. The number of carbonyl (C=O) groups excluding carboxylic acids is 2. The van der Waals surface area contributed by atoms with Gasteiger partial charge in [0.1, 0.15) is 0 Å². The summed E-state index contributed by atoms with van der Waals surface area (Å²) in [5.74, 6) is 2.07. The van der Waals surface area contributed by atoms with Gasteiger partial charge in [-0.15, -0.1) is 0 Å². The number of halogens is 1. The molecule has 4 aliphatic rings. The van der Waals surface area contributed by atoms with Crippen molar-refractivity contribution in [3.8, 4) is 0 Å². The molecule has 4 aliphatic carbocycles. The van der Waals surface area contributed by atoms with Gasteiger partial charge in [0, 0.05) is 11.0 Å². The first-order chi connectivity index (χ1) is 11.8. The van der Waals surface area contributed by atoms with E-state index in [9.17, 15) is 9.59 Å². The molecule has 3 saturated carbocycles. The van der Waals surface area contributed by atoms with Crippen molar-refractivity contribution in [1.82, 2.24) is 0 Å². The average molecular weight is 359 g/mol. The molecule has 4 rings (SSSR count). The highest BCUT2D eigenvalue weighted by atomic mass is 35.5. The molecule has 0 aliphatic heterocycles. The van der Waals surface area contributed by atoms with Crippen LogP contribution in [-0.4, -0.2) is 11.0 Å². The predicted octanol–water partition coefficient (Wildman–Crippen LogP) is 5.38. The summed E-state index contributed by atoms with van der Waals surface area (Å²) in [6.07, 6.45) is 12.5. The standard InChI is InChI=1S/C22H27ClO2/c1-13(20(23)25)17-6-7-18-16-5-4-14-12-15(24)8-10-21(14,2)19(16)9-11-22(17,18)3/h8,10,12,16,18-19H,4-7,9,11H2,1-3H3/t16?,18?,19?,21-,22+/m0/s1. The Labute approximate surface area is 155 Å². The van der Waals surface area contributed by atoms with E-state index in [4.69, 9.17) is 11.6 Å². The first-order valence-electron chi connectivity index (χ1n) is 9.61. The molecule has 0 aromatic carbocycles. The Morgan fingerprint density at radius 2 is 1.92 bits per heavy atom. The molecular formula is C22H27ClO2. The Bertz CT molecular complexity index is 743. The van der Waals surface area contributed by atoms with Gasteiger partial charge in [-0.25, -0.2) is 0 Å². The Morgan fingerprint density at radius 1 is 1.16 bits per heavy atom. The zero-order valence-corrected chi connectivity index (χ0v) is 16.2. The monoisotopic (exact) mass is 358 g/mol. The number of hydrogen-bond acceptors (Lipinski definition) is 2. The van der Waals surface area contributed by atoms with Gasteiger partial charge in [-0.1, -0.05) is 31.1 Å². The van der Waals surface area contributed by atoms with Gasteiger partial charge in [0.25, 0.3) is 0 Å². The molecule has 0 aromatic heterocycles. The number of rotatable bonds is 1. The van der Waals surface area contributed by atoms with Gasteiger partial charge in [-0.05, 0) is 92.4 Å². The van der Waals surface area contributed by atoms with E-state index in [1.54, 1.807) is 6.08 Å². The average Bonchev–Trinajstić information content (AvgIpc) is 2.92. The number of hydrogen-bond donors (Lipinski definition) is 0. The summed E-state index contributed by atoms with van der Waals surface area (Å²) in [7, 11) is 0. The molecule has 0 bridgehead atoms. The second-order valence-corrected chi connectivity index (χ2v) is 9.32. The third-order valence-electron chi connectivity index (χ3n) is 8.09. The van der Waals surface area contributed by atoms with Crippen molar-refractivity contribution < 1.29 is 9.59 Å². The fourth-order valence-electron chi connectivity index (χ4n) is 6.74. The van der Waals surface area contributed by atoms with E-state index in [2.05, 4.69) is 19.9 Å². The summed E-state index contributed by atoms with van der Waals surface area (Å²) in [6.45, 7) is 6.61. The minimum atomic E-state index is -0.284. The number of fused-ring (bicyclic) bond motifs is 5. The molecule has 5 atom stereocenters. The van der Waals surface area contributed by atoms with E-state index in [1.165, 1.54) is 24.0 Å². The van der Waals surface area contributed by atoms with E-state index in [0.29, 0.717) is 17.8 Å². The third-order valence-corrected chi connectivity index (χ3v) is 8.37. The van der Waals surface area contributed by atoms with Gasteiger partial charge in [0.05, 0.1) is 0 Å². The van der Waals surface area contributed by atoms with Crippen LogP contribution < -0.4 is 0 Å². The maximum absolute atomic E-state index is 11.8. The fraction of sp³-hybridized carbons (Fsp3) is 0.636. The lowest BCUT2D eigenvalue weighted by Gasteiger charge is -2.56. The summed E-state index contributed by atoms with van der Waals surface area (Å²) in [5.41, 5.74) is 3.61. The molecule has 2 nitrogen and oxygen atoms in total. The van der Waals surface area contributed by atoms with Crippen LogP contribution in [0.5, 0.6) is 0 Å².